The molecule has 1 unspecified atom stereocenters. The molecular weight excluding hydrogens is 733 g/mol. The van der Waals surface area contributed by atoms with Crippen LogP contribution in [0.3, 0.4) is 0 Å². The highest BCUT2D eigenvalue weighted by Crippen LogP contribution is 2.13. The van der Waals surface area contributed by atoms with Crippen LogP contribution in [-0.4, -0.2) is 37.2 Å². The first-order chi connectivity index (χ1) is 29.0. The summed E-state index contributed by atoms with van der Waals surface area (Å²) in [7, 11) is 0. The molecule has 0 fully saturated rings. The van der Waals surface area contributed by atoms with Crippen LogP contribution in [0.2, 0.25) is 0 Å². The number of carbonyl (C=O) groups excluding carboxylic acids is 3. The van der Waals surface area contributed by atoms with Crippen molar-refractivity contribution >= 4 is 17.9 Å². The number of esters is 3. The Morgan fingerprint density at radius 1 is 0.373 bits per heavy atom. The Labute approximate surface area is 362 Å². The minimum absolute atomic E-state index is 0.0957. The van der Waals surface area contributed by atoms with E-state index in [9.17, 15) is 14.4 Å². The number of unbranched alkanes of at least 4 members (excludes halogenated alkanes) is 18. The van der Waals surface area contributed by atoms with Gasteiger partial charge >= 0.3 is 17.9 Å². The van der Waals surface area contributed by atoms with E-state index in [1.807, 2.05) is 36.5 Å². The van der Waals surface area contributed by atoms with Crippen LogP contribution in [0.5, 0.6) is 0 Å². The maximum absolute atomic E-state index is 12.7. The number of carbonyl (C=O) groups is 3. The van der Waals surface area contributed by atoms with Gasteiger partial charge in [0.2, 0.25) is 0 Å². The molecule has 0 bridgehead atoms. The van der Waals surface area contributed by atoms with Gasteiger partial charge in [0.15, 0.2) is 6.10 Å². The van der Waals surface area contributed by atoms with Gasteiger partial charge in [-0.3, -0.25) is 14.4 Å². The minimum atomic E-state index is -0.797. The Morgan fingerprint density at radius 2 is 0.763 bits per heavy atom. The van der Waals surface area contributed by atoms with Crippen molar-refractivity contribution < 1.29 is 28.6 Å². The average Bonchev–Trinajstić information content (AvgIpc) is 3.23. The Morgan fingerprint density at radius 3 is 1.25 bits per heavy atom. The highest BCUT2D eigenvalue weighted by atomic mass is 16.6. The van der Waals surface area contributed by atoms with Crippen LogP contribution in [-0.2, 0) is 28.6 Å². The third-order valence-electron chi connectivity index (χ3n) is 9.68. The predicted molar refractivity (Wildman–Crippen MR) is 251 cm³/mol. The van der Waals surface area contributed by atoms with E-state index >= 15 is 0 Å². The van der Waals surface area contributed by atoms with E-state index in [1.165, 1.54) is 44.9 Å². The second-order valence-electron chi connectivity index (χ2n) is 15.4. The SMILES string of the molecule is CC/C=C\C/C=C\C/C=C\CCCCCCC(=O)OC(COC(=O)CCCCCCC\C=C/C=C\C=C/C=C\C=C/CCC)COC(=O)CCCCCCCCCCC. The lowest BCUT2D eigenvalue weighted by Gasteiger charge is -2.18. The van der Waals surface area contributed by atoms with Crippen LogP contribution < -0.4 is 0 Å². The molecular formula is C53H86O6. The van der Waals surface area contributed by atoms with Crippen LogP contribution in [0.1, 0.15) is 201 Å². The number of ether oxygens (including phenoxy) is 3. The molecule has 6 heteroatoms. The van der Waals surface area contributed by atoms with Gasteiger partial charge in [-0.1, -0.05) is 208 Å². The normalized spacial score (nSPS) is 12.9. The number of hydrogen-bond acceptors (Lipinski definition) is 6. The molecule has 0 N–H and O–H groups in total. The van der Waals surface area contributed by atoms with Crippen molar-refractivity contribution in [3.63, 3.8) is 0 Å². The molecule has 0 radical (unpaired) electrons. The second kappa shape index (κ2) is 47.0. The fourth-order valence-corrected chi connectivity index (χ4v) is 6.13. The van der Waals surface area contributed by atoms with E-state index < -0.39 is 6.10 Å². The molecule has 0 aliphatic heterocycles. The zero-order valence-electron chi connectivity index (χ0n) is 38.0. The molecule has 0 aliphatic rings. The first-order valence-electron chi connectivity index (χ1n) is 23.8. The third kappa shape index (κ3) is 45.3. The molecule has 1 atom stereocenters. The van der Waals surface area contributed by atoms with Gasteiger partial charge in [-0.05, 0) is 70.6 Å². The Balaban J connectivity index is 4.45. The van der Waals surface area contributed by atoms with E-state index in [-0.39, 0.29) is 31.1 Å². The zero-order valence-corrected chi connectivity index (χ0v) is 38.0. The lowest BCUT2D eigenvalue weighted by molar-refractivity contribution is -0.167. The fraction of sp³-hybridized carbons (Fsp3) is 0.642. The summed E-state index contributed by atoms with van der Waals surface area (Å²) in [6, 6.07) is 0. The molecule has 0 aromatic carbocycles. The van der Waals surface area contributed by atoms with Crippen molar-refractivity contribution in [2.24, 2.45) is 0 Å². The van der Waals surface area contributed by atoms with E-state index in [0.717, 1.165) is 116 Å². The van der Waals surface area contributed by atoms with Gasteiger partial charge < -0.3 is 14.2 Å². The first kappa shape index (κ1) is 55.3. The summed E-state index contributed by atoms with van der Waals surface area (Å²) in [6.45, 7) is 6.35. The van der Waals surface area contributed by atoms with Gasteiger partial charge in [0.1, 0.15) is 13.2 Å². The van der Waals surface area contributed by atoms with Crippen LogP contribution in [0.25, 0.3) is 0 Å². The van der Waals surface area contributed by atoms with Crippen molar-refractivity contribution in [2.45, 2.75) is 207 Å². The molecule has 0 saturated carbocycles. The molecule has 6 nitrogen and oxygen atoms in total. The van der Waals surface area contributed by atoms with E-state index in [2.05, 4.69) is 81.5 Å². The van der Waals surface area contributed by atoms with Gasteiger partial charge in [-0.2, -0.15) is 0 Å². The first-order valence-corrected chi connectivity index (χ1v) is 23.8. The van der Waals surface area contributed by atoms with Gasteiger partial charge in [-0.25, -0.2) is 0 Å². The molecule has 0 heterocycles. The molecule has 0 rings (SSSR count). The fourth-order valence-electron chi connectivity index (χ4n) is 6.13. The van der Waals surface area contributed by atoms with Gasteiger partial charge in [0, 0.05) is 19.3 Å². The van der Waals surface area contributed by atoms with E-state index in [0.29, 0.717) is 19.3 Å². The van der Waals surface area contributed by atoms with Crippen molar-refractivity contribution in [3.05, 3.63) is 97.2 Å². The zero-order chi connectivity index (χ0) is 43.0. The van der Waals surface area contributed by atoms with Crippen LogP contribution in [0.4, 0.5) is 0 Å². The smallest absolute Gasteiger partial charge is 0.306 e. The van der Waals surface area contributed by atoms with Gasteiger partial charge in [0.05, 0.1) is 0 Å². The third-order valence-corrected chi connectivity index (χ3v) is 9.68. The summed E-state index contributed by atoms with van der Waals surface area (Å²) in [5, 5.41) is 0. The van der Waals surface area contributed by atoms with Crippen molar-refractivity contribution in [2.75, 3.05) is 13.2 Å². The van der Waals surface area contributed by atoms with Crippen molar-refractivity contribution in [1.82, 2.24) is 0 Å². The Hall–Kier alpha value is -3.67. The molecule has 0 amide bonds. The largest absolute Gasteiger partial charge is 0.462 e. The summed E-state index contributed by atoms with van der Waals surface area (Å²) < 4.78 is 16.7. The lowest BCUT2D eigenvalue weighted by atomic mass is 10.1. The molecule has 334 valence electrons. The molecule has 0 aromatic heterocycles. The highest BCUT2D eigenvalue weighted by molar-refractivity contribution is 5.71. The van der Waals surface area contributed by atoms with Crippen LogP contribution in [0.15, 0.2) is 97.2 Å². The summed E-state index contributed by atoms with van der Waals surface area (Å²) in [5.74, 6) is -0.954. The second-order valence-corrected chi connectivity index (χ2v) is 15.4. The maximum Gasteiger partial charge on any atom is 0.306 e. The molecule has 59 heavy (non-hydrogen) atoms. The Kier molecular flexibility index (Phi) is 44.1. The monoisotopic (exact) mass is 819 g/mol. The van der Waals surface area contributed by atoms with Gasteiger partial charge in [0.25, 0.3) is 0 Å². The standard InChI is InChI=1S/C53H86O6/c1-4-7-10-13-16-19-21-23-25-26-27-28-30-31-34-37-40-43-46-52(55)58-49-50(48-57-51(54)45-42-39-36-33-18-15-12-9-6-3)59-53(56)47-44-41-38-35-32-29-24-22-20-17-14-11-8-5-2/h8,10-11,13,16-17,19-21,23-29,50H,4-7,9,12,14-15,18,22,30-49H2,1-3H3/b11-8-,13-10-,19-16-,20-17-,23-21-,26-25-,28-27-,29-24-. The Bertz CT molecular complexity index is 1220. The van der Waals surface area contributed by atoms with Crippen molar-refractivity contribution in [1.29, 1.82) is 0 Å². The molecule has 0 saturated heterocycles. The topological polar surface area (TPSA) is 78.9 Å². The predicted octanol–water partition coefficient (Wildman–Crippen LogP) is 15.4. The highest BCUT2D eigenvalue weighted by Gasteiger charge is 2.19. The minimum Gasteiger partial charge on any atom is -0.462 e. The number of hydrogen-bond donors (Lipinski definition) is 0. The summed E-state index contributed by atoms with van der Waals surface area (Å²) in [4.78, 5) is 37.8. The summed E-state index contributed by atoms with van der Waals surface area (Å²) >= 11 is 0. The van der Waals surface area contributed by atoms with Crippen LogP contribution in [0, 0.1) is 0 Å². The molecule has 0 aliphatic carbocycles. The lowest BCUT2D eigenvalue weighted by Crippen LogP contribution is -2.30. The maximum atomic E-state index is 12.7. The number of rotatable bonds is 41. The van der Waals surface area contributed by atoms with Crippen molar-refractivity contribution in [3.8, 4) is 0 Å². The average molecular weight is 819 g/mol. The molecule has 0 spiro atoms. The van der Waals surface area contributed by atoms with E-state index in [1.54, 1.807) is 0 Å². The summed E-state index contributed by atoms with van der Waals surface area (Å²) in [5.41, 5.74) is 0. The van der Waals surface area contributed by atoms with E-state index in [4.69, 9.17) is 14.2 Å². The number of allylic oxidation sites excluding steroid dienone is 16. The quantitative estimate of drug-likeness (QED) is 0.0201. The van der Waals surface area contributed by atoms with Crippen LogP contribution >= 0.6 is 0 Å². The van der Waals surface area contributed by atoms with Gasteiger partial charge in [-0.15, -0.1) is 0 Å². The molecule has 0 aromatic rings. The summed E-state index contributed by atoms with van der Waals surface area (Å²) in [6.07, 6.45) is 61.0.